The lowest BCUT2D eigenvalue weighted by atomic mass is 9.84. The number of nitrogens with zero attached hydrogens (tertiary/aromatic N) is 6. The number of hydrogen-bond donors (Lipinski definition) is 0. The summed E-state index contributed by atoms with van der Waals surface area (Å²) in [5.41, 5.74) is 3.82. The average molecular weight is 463 g/mol. The molecule has 0 aliphatic carbocycles. The van der Waals surface area contributed by atoms with E-state index in [0.29, 0.717) is 17.9 Å². The first-order valence-electron chi connectivity index (χ1n) is 11.4. The molecule has 170 valence electrons. The number of halogens is 1. The van der Waals surface area contributed by atoms with E-state index in [0.717, 1.165) is 42.0 Å². The van der Waals surface area contributed by atoms with Crippen molar-refractivity contribution < 1.29 is 4.42 Å². The van der Waals surface area contributed by atoms with Crippen LogP contribution in [0.2, 0.25) is 5.02 Å². The fourth-order valence-electron chi connectivity index (χ4n) is 5.56. The van der Waals surface area contributed by atoms with Crippen molar-refractivity contribution in [1.29, 1.82) is 0 Å². The molecule has 0 saturated carbocycles. The molecule has 2 aromatic heterocycles. The van der Waals surface area contributed by atoms with Crippen LogP contribution in [0.25, 0.3) is 11.8 Å². The Morgan fingerprint density at radius 3 is 2.61 bits per heavy atom. The summed E-state index contributed by atoms with van der Waals surface area (Å²) >= 11 is 6.57. The lowest BCUT2D eigenvalue weighted by Gasteiger charge is -2.46. The second kappa shape index (κ2) is 7.57. The number of aryl methyl sites for hydroxylation is 1. The Kier molecular flexibility index (Phi) is 4.74. The van der Waals surface area contributed by atoms with Crippen LogP contribution in [0.5, 0.6) is 0 Å². The predicted octanol–water partition coefficient (Wildman–Crippen LogP) is 4.56. The Morgan fingerprint density at radius 1 is 1.09 bits per heavy atom. The molecule has 6 rings (SSSR count). The highest BCUT2D eigenvalue weighted by Gasteiger charge is 2.40. The molecule has 8 heteroatoms. The number of aromatic nitrogens is 4. The topological polar surface area (TPSA) is 63.2 Å². The van der Waals surface area contributed by atoms with Crippen LogP contribution in [-0.2, 0) is 13.1 Å². The van der Waals surface area contributed by atoms with Crippen molar-refractivity contribution in [3.63, 3.8) is 0 Å². The quantitative estimate of drug-likeness (QED) is 0.553. The van der Waals surface area contributed by atoms with Crippen LogP contribution in [0.1, 0.15) is 48.6 Å². The minimum atomic E-state index is 0.0869. The van der Waals surface area contributed by atoms with Crippen LogP contribution in [0.3, 0.4) is 0 Å². The number of oxazole rings is 1. The number of likely N-dealkylation sites (tertiary alicyclic amines) is 1. The highest BCUT2D eigenvalue weighted by molar-refractivity contribution is 6.30. The molecule has 0 N–H and O–H groups in total. The van der Waals surface area contributed by atoms with Crippen LogP contribution in [0, 0.1) is 12.3 Å². The Bertz CT molecular complexity index is 1250. The Hall–Kier alpha value is -2.90. The first kappa shape index (κ1) is 20.7. The molecule has 2 unspecified atom stereocenters. The molecule has 0 amide bonds. The predicted molar refractivity (Wildman–Crippen MR) is 127 cm³/mol. The van der Waals surface area contributed by atoms with Gasteiger partial charge in [0.2, 0.25) is 5.89 Å². The number of rotatable bonds is 5. The fraction of sp³-hybridized carbons (Fsp3) is 0.400. The Balaban J connectivity index is 1.31. The zero-order chi connectivity index (χ0) is 22.7. The van der Waals surface area contributed by atoms with Crippen molar-refractivity contribution in [3.05, 3.63) is 76.5 Å². The van der Waals surface area contributed by atoms with Gasteiger partial charge in [-0.1, -0.05) is 37.6 Å². The van der Waals surface area contributed by atoms with Crippen molar-refractivity contribution >= 4 is 23.4 Å². The van der Waals surface area contributed by atoms with Gasteiger partial charge in [0.1, 0.15) is 12.1 Å². The van der Waals surface area contributed by atoms with Crippen LogP contribution in [-0.4, -0.2) is 48.7 Å². The first-order chi connectivity index (χ1) is 15.9. The summed E-state index contributed by atoms with van der Waals surface area (Å²) in [5, 5.41) is 9.36. The second-order valence-corrected chi connectivity index (χ2v) is 10.5. The summed E-state index contributed by atoms with van der Waals surface area (Å²) in [7, 11) is 0. The van der Waals surface area contributed by atoms with Gasteiger partial charge in [0.25, 0.3) is 0 Å². The van der Waals surface area contributed by atoms with Crippen molar-refractivity contribution in [2.45, 2.75) is 45.9 Å². The molecule has 5 heterocycles. The molecule has 1 fully saturated rings. The Morgan fingerprint density at radius 2 is 1.88 bits per heavy atom. The van der Waals surface area contributed by atoms with Crippen molar-refractivity contribution in [2.24, 2.45) is 5.41 Å². The largest absolute Gasteiger partial charge is 0.443 e. The van der Waals surface area contributed by atoms with E-state index in [-0.39, 0.29) is 12.1 Å². The molecule has 2 atom stereocenters. The molecule has 3 aliphatic heterocycles. The summed E-state index contributed by atoms with van der Waals surface area (Å²) < 4.78 is 7.90. The van der Waals surface area contributed by atoms with Gasteiger partial charge < -0.3 is 13.9 Å². The maximum absolute atomic E-state index is 6.57. The number of hydrogen-bond acceptors (Lipinski definition) is 6. The third-order valence-electron chi connectivity index (χ3n) is 6.71. The molecular formula is C25H27ClN6O. The smallest absolute Gasteiger partial charge is 0.242 e. The molecule has 0 radical (unpaired) electrons. The zero-order valence-corrected chi connectivity index (χ0v) is 19.8. The van der Waals surface area contributed by atoms with Gasteiger partial charge in [0.05, 0.1) is 24.0 Å². The van der Waals surface area contributed by atoms with Crippen molar-refractivity contribution in [3.8, 4) is 0 Å². The maximum Gasteiger partial charge on any atom is 0.242 e. The van der Waals surface area contributed by atoms with Crippen LogP contribution >= 0.6 is 11.6 Å². The summed E-state index contributed by atoms with van der Waals surface area (Å²) in [6.07, 6.45) is 9.78. The monoisotopic (exact) mass is 462 g/mol. The summed E-state index contributed by atoms with van der Waals surface area (Å²) in [5.74, 6) is 2.40. The third-order valence-corrected chi connectivity index (χ3v) is 6.93. The van der Waals surface area contributed by atoms with Gasteiger partial charge in [-0.15, -0.1) is 10.2 Å². The fourth-order valence-corrected chi connectivity index (χ4v) is 5.84. The highest BCUT2D eigenvalue weighted by atomic mass is 35.5. The average Bonchev–Trinajstić information content (AvgIpc) is 3.45. The lowest BCUT2D eigenvalue weighted by Crippen LogP contribution is -2.52. The molecule has 3 aromatic rings. The number of fused-ring (bicyclic) bond motifs is 3. The second-order valence-electron chi connectivity index (χ2n) is 10.1. The molecule has 0 spiro atoms. The highest BCUT2D eigenvalue weighted by Crippen LogP contribution is 2.41. The molecule has 33 heavy (non-hydrogen) atoms. The minimum absolute atomic E-state index is 0.0869. The van der Waals surface area contributed by atoms with E-state index in [2.05, 4.69) is 79.8 Å². The van der Waals surface area contributed by atoms with Gasteiger partial charge in [-0.05, 0) is 47.8 Å². The SMILES string of the molecule is Cc1nnc2n1C1C=C(c3ncco3)N(Cc3cc(Cl)cc(CN4CC(C)(C)C4)c3)C1C=C2. The molecule has 1 saturated heterocycles. The maximum atomic E-state index is 6.57. The summed E-state index contributed by atoms with van der Waals surface area (Å²) in [6, 6.07) is 6.63. The van der Waals surface area contributed by atoms with E-state index in [1.54, 1.807) is 12.5 Å². The summed E-state index contributed by atoms with van der Waals surface area (Å²) in [6.45, 7) is 10.5. The van der Waals surface area contributed by atoms with E-state index in [1.807, 2.05) is 6.92 Å². The van der Waals surface area contributed by atoms with Crippen molar-refractivity contribution in [2.75, 3.05) is 13.1 Å². The van der Waals surface area contributed by atoms with Crippen LogP contribution in [0.4, 0.5) is 0 Å². The summed E-state index contributed by atoms with van der Waals surface area (Å²) in [4.78, 5) is 9.26. The Labute approximate surface area is 198 Å². The standard InChI is InChI=1S/C25H27ClN6O/c1-16-28-29-23-5-4-20-21(32(16)23)11-22(24-27-6-7-33-24)31(20)13-18-8-17(9-19(26)10-18)12-30-14-25(2,3)15-30/h4-11,20-21H,12-15H2,1-3H3. The van der Waals surface area contributed by atoms with E-state index in [4.69, 9.17) is 16.0 Å². The van der Waals surface area contributed by atoms with Gasteiger partial charge in [-0.2, -0.15) is 0 Å². The number of benzene rings is 1. The van der Waals surface area contributed by atoms with Gasteiger partial charge in [0.15, 0.2) is 5.82 Å². The van der Waals surface area contributed by atoms with E-state index in [9.17, 15) is 0 Å². The molecular weight excluding hydrogens is 436 g/mol. The third kappa shape index (κ3) is 3.69. The van der Waals surface area contributed by atoms with Gasteiger partial charge >= 0.3 is 0 Å². The van der Waals surface area contributed by atoms with Gasteiger partial charge in [0, 0.05) is 31.2 Å². The lowest BCUT2D eigenvalue weighted by molar-refractivity contribution is 0.0242. The zero-order valence-electron chi connectivity index (χ0n) is 19.1. The van der Waals surface area contributed by atoms with Crippen LogP contribution in [0.15, 0.2) is 47.2 Å². The molecule has 1 aromatic carbocycles. The normalized spacial score (nSPS) is 23.3. The molecule has 3 aliphatic rings. The molecule has 0 bridgehead atoms. The van der Waals surface area contributed by atoms with E-state index < -0.39 is 0 Å². The van der Waals surface area contributed by atoms with Gasteiger partial charge in [-0.3, -0.25) is 4.90 Å². The first-order valence-corrected chi connectivity index (χ1v) is 11.7. The molecule has 7 nitrogen and oxygen atoms in total. The minimum Gasteiger partial charge on any atom is -0.443 e. The van der Waals surface area contributed by atoms with E-state index in [1.165, 1.54) is 11.1 Å². The van der Waals surface area contributed by atoms with E-state index >= 15 is 0 Å². The van der Waals surface area contributed by atoms with Gasteiger partial charge in [-0.25, -0.2) is 4.98 Å². The van der Waals surface area contributed by atoms with Crippen LogP contribution < -0.4 is 0 Å². The van der Waals surface area contributed by atoms with Crippen molar-refractivity contribution in [1.82, 2.24) is 29.5 Å².